The summed E-state index contributed by atoms with van der Waals surface area (Å²) >= 11 is 0. The lowest BCUT2D eigenvalue weighted by molar-refractivity contribution is 0.609. The summed E-state index contributed by atoms with van der Waals surface area (Å²) in [6.45, 7) is 1.70. The SMILES string of the molecule is Cc1cc(-c2ccc(C#N)cc2)ccc1S(=O)(=O)Cl. The van der Waals surface area contributed by atoms with Gasteiger partial charge in [-0.25, -0.2) is 8.42 Å². The lowest BCUT2D eigenvalue weighted by atomic mass is 10.0. The molecule has 0 amide bonds. The van der Waals surface area contributed by atoms with Crippen molar-refractivity contribution in [2.24, 2.45) is 0 Å². The maximum Gasteiger partial charge on any atom is 0.261 e. The second-order valence-electron chi connectivity index (χ2n) is 4.11. The number of benzene rings is 2. The van der Waals surface area contributed by atoms with Crippen molar-refractivity contribution in [2.45, 2.75) is 11.8 Å². The fraction of sp³-hybridized carbons (Fsp3) is 0.0714. The summed E-state index contributed by atoms with van der Waals surface area (Å²) in [5.74, 6) is 0. The number of nitrogens with zero attached hydrogens (tertiary/aromatic N) is 1. The number of halogens is 1. The molecule has 0 N–H and O–H groups in total. The number of hydrogen-bond donors (Lipinski definition) is 0. The zero-order valence-electron chi connectivity index (χ0n) is 10.1. The predicted molar refractivity (Wildman–Crippen MR) is 74.4 cm³/mol. The number of rotatable bonds is 2. The van der Waals surface area contributed by atoms with Gasteiger partial charge in [-0.1, -0.05) is 24.3 Å². The Bertz CT molecular complexity index is 759. The molecule has 5 heteroatoms. The van der Waals surface area contributed by atoms with E-state index in [2.05, 4.69) is 0 Å². The molecule has 0 spiro atoms. The van der Waals surface area contributed by atoms with Crippen molar-refractivity contribution in [3.63, 3.8) is 0 Å². The van der Waals surface area contributed by atoms with E-state index in [1.54, 1.807) is 31.2 Å². The molecule has 0 atom stereocenters. The molecule has 0 radical (unpaired) electrons. The van der Waals surface area contributed by atoms with Gasteiger partial charge in [0.15, 0.2) is 0 Å². The first-order valence-corrected chi connectivity index (χ1v) is 7.78. The van der Waals surface area contributed by atoms with Crippen molar-refractivity contribution in [1.82, 2.24) is 0 Å². The molecule has 2 aromatic rings. The Kier molecular flexibility index (Phi) is 3.61. The van der Waals surface area contributed by atoms with E-state index in [1.807, 2.05) is 18.2 Å². The van der Waals surface area contributed by atoms with Crippen LogP contribution in [-0.4, -0.2) is 8.42 Å². The summed E-state index contributed by atoms with van der Waals surface area (Å²) in [6, 6.07) is 14.1. The van der Waals surface area contributed by atoms with Gasteiger partial charge in [-0.15, -0.1) is 0 Å². The number of aryl methyl sites for hydroxylation is 1. The molecule has 3 nitrogen and oxygen atoms in total. The van der Waals surface area contributed by atoms with Gasteiger partial charge in [-0.2, -0.15) is 5.26 Å². The summed E-state index contributed by atoms with van der Waals surface area (Å²) < 4.78 is 22.6. The Hall–Kier alpha value is -1.83. The molecular weight excluding hydrogens is 282 g/mol. The van der Waals surface area contributed by atoms with E-state index < -0.39 is 9.05 Å². The van der Waals surface area contributed by atoms with Gasteiger partial charge in [0.25, 0.3) is 9.05 Å². The molecule has 0 unspecified atom stereocenters. The fourth-order valence-corrected chi connectivity index (χ4v) is 3.03. The van der Waals surface area contributed by atoms with Crippen molar-refractivity contribution in [2.75, 3.05) is 0 Å². The summed E-state index contributed by atoms with van der Waals surface area (Å²) in [5.41, 5.74) is 2.98. The van der Waals surface area contributed by atoms with Crippen LogP contribution in [0, 0.1) is 18.3 Å². The average molecular weight is 292 g/mol. The molecule has 0 bridgehead atoms. The highest BCUT2D eigenvalue weighted by molar-refractivity contribution is 8.13. The minimum absolute atomic E-state index is 0.117. The van der Waals surface area contributed by atoms with Crippen molar-refractivity contribution in [3.05, 3.63) is 53.6 Å². The van der Waals surface area contributed by atoms with Gasteiger partial charge in [0.2, 0.25) is 0 Å². The van der Waals surface area contributed by atoms with Gasteiger partial charge in [0.05, 0.1) is 16.5 Å². The lowest BCUT2D eigenvalue weighted by Crippen LogP contribution is -1.94. The van der Waals surface area contributed by atoms with Gasteiger partial charge in [0, 0.05) is 10.7 Å². The summed E-state index contributed by atoms with van der Waals surface area (Å²) in [4.78, 5) is 0.117. The Morgan fingerprint density at radius 3 is 2.11 bits per heavy atom. The van der Waals surface area contributed by atoms with Crippen LogP contribution in [0.15, 0.2) is 47.4 Å². The number of hydrogen-bond acceptors (Lipinski definition) is 3. The molecule has 0 saturated carbocycles. The molecular formula is C14H10ClNO2S. The Balaban J connectivity index is 2.48. The first-order chi connectivity index (χ1) is 8.91. The average Bonchev–Trinajstić information content (AvgIpc) is 2.37. The Labute approximate surface area is 116 Å². The third-order valence-corrected chi connectivity index (χ3v) is 4.27. The van der Waals surface area contributed by atoms with E-state index in [1.165, 1.54) is 6.07 Å². The highest BCUT2D eigenvalue weighted by Crippen LogP contribution is 2.26. The van der Waals surface area contributed by atoms with Gasteiger partial charge < -0.3 is 0 Å². The molecule has 2 aromatic carbocycles. The third kappa shape index (κ3) is 2.95. The molecule has 0 heterocycles. The van der Waals surface area contributed by atoms with Crippen LogP contribution in [0.4, 0.5) is 0 Å². The largest absolute Gasteiger partial charge is 0.261 e. The first-order valence-electron chi connectivity index (χ1n) is 5.47. The molecule has 0 aliphatic carbocycles. The van der Waals surface area contributed by atoms with E-state index in [9.17, 15) is 8.42 Å². The minimum Gasteiger partial charge on any atom is -0.207 e. The topological polar surface area (TPSA) is 57.9 Å². The maximum absolute atomic E-state index is 11.3. The monoisotopic (exact) mass is 291 g/mol. The second kappa shape index (κ2) is 5.04. The quantitative estimate of drug-likeness (QED) is 0.796. The minimum atomic E-state index is -3.71. The predicted octanol–water partition coefficient (Wildman–Crippen LogP) is 3.46. The molecule has 19 heavy (non-hydrogen) atoms. The molecule has 0 aliphatic heterocycles. The van der Waals surface area contributed by atoms with Crippen LogP contribution in [0.25, 0.3) is 11.1 Å². The van der Waals surface area contributed by atoms with E-state index in [-0.39, 0.29) is 4.90 Å². The van der Waals surface area contributed by atoms with E-state index in [0.717, 1.165) is 11.1 Å². The van der Waals surface area contributed by atoms with Crippen LogP contribution in [0.5, 0.6) is 0 Å². The molecule has 2 rings (SSSR count). The van der Waals surface area contributed by atoms with Crippen LogP contribution in [0.3, 0.4) is 0 Å². The van der Waals surface area contributed by atoms with Crippen LogP contribution in [0.1, 0.15) is 11.1 Å². The Morgan fingerprint density at radius 1 is 1.05 bits per heavy atom. The van der Waals surface area contributed by atoms with Gasteiger partial charge in [-0.3, -0.25) is 0 Å². The van der Waals surface area contributed by atoms with Crippen molar-refractivity contribution in [3.8, 4) is 17.2 Å². The molecule has 0 aliphatic rings. The van der Waals surface area contributed by atoms with Gasteiger partial charge in [-0.05, 0) is 41.8 Å². The zero-order chi connectivity index (χ0) is 14.0. The summed E-state index contributed by atoms with van der Waals surface area (Å²) in [6.07, 6.45) is 0. The number of nitriles is 1. The van der Waals surface area contributed by atoms with Gasteiger partial charge >= 0.3 is 0 Å². The molecule has 0 saturated heterocycles. The molecule has 0 aromatic heterocycles. The van der Waals surface area contributed by atoms with Crippen molar-refractivity contribution >= 4 is 19.7 Å². The first kappa shape index (κ1) is 13.6. The standard InChI is InChI=1S/C14H10ClNO2S/c1-10-8-13(6-7-14(10)19(15,17)18)12-4-2-11(9-16)3-5-12/h2-8H,1H3. The van der Waals surface area contributed by atoms with Crippen molar-refractivity contribution < 1.29 is 8.42 Å². The molecule has 0 fully saturated rings. The second-order valence-corrected chi connectivity index (χ2v) is 6.64. The van der Waals surface area contributed by atoms with E-state index in [0.29, 0.717) is 11.1 Å². The van der Waals surface area contributed by atoms with E-state index >= 15 is 0 Å². The highest BCUT2D eigenvalue weighted by atomic mass is 35.7. The van der Waals surface area contributed by atoms with Crippen LogP contribution in [-0.2, 0) is 9.05 Å². The van der Waals surface area contributed by atoms with Crippen LogP contribution >= 0.6 is 10.7 Å². The summed E-state index contributed by atoms with van der Waals surface area (Å²) in [7, 11) is 1.62. The molecule has 96 valence electrons. The van der Waals surface area contributed by atoms with Crippen LogP contribution in [0.2, 0.25) is 0 Å². The third-order valence-electron chi connectivity index (χ3n) is 2.78. The highest BCUT2D eigenvalue weighted by Gasteiger charge is 2.13. The zero-order valence-corrected chi connectivity index (χ0v) is 11.7. The Morgan fingerprint density at radius 2 is 1.63 bits per heavy atom. The van der Waals surface area contributed by atoms with Crippen LogP contribution < -0.4 is 0 Å². The van der Waals surface area contributed by atoms with Crippen molar-refractivity contribution in [1.29, 1.82) is 5.26 Å². The lowest BCUT2D eigenvalue weighted by Gasteiger charge is -2.06. The van der Waals surface area contributed by atoms with Gasteiger partial charge in [0.1, 0.15) is 0 Å². The summed E-state index contributed by atoms with van der Waals surface area (Å²) in [5, 5.41) is 8.74. The smallest absolute Gasteiger partial charge is 0.207 e. The normalized spacial score (nSPS) is 11.0. The fourth-order valence-electron chi connectivity index (χ4n) is 1.84. The van der Waals surface area contributed by atoms with E-state index in [4.69, 9.17) is 15.9 Å². The maximum atomic E-state index is 11.3.